The van der Waals surface area contributed by atoms with Crippen LogP contribution in [0, 0.1) is 6.92 Å². The average Bonchev–Trinajstić information content (AvgIpc) is 2.89. The maximum Gasteiger partial charge on any atom is 0.270 e. The molecule has 0 aliphatic rings. The molecule has 2 rings (SSSR count). The van der Waals surface area contributed by atoms with Crippen LogP contribution in [0.1, 0.15) is 35.3 Å². The van der Waals surface area contributed by atoms with Crippen LogP contribution in [-0.2, 0) is 6.54 Å². The van der Waals surface area contributed by atoms with Crippen molar-refractivity contribution >= 4 is 11.6 Å². The number of rotatable bonds is 6. The quantitative estimate of drug-likeness (QED) is 0.843. The van der Waals surface area contributed by atoms with Gasteiger partial charge in [0.2, 0.25) is 0 Å². The van der Waals surface area contributed by atoms with Crippen LogP contribution in [0.25, 0.3) is 0 Å². The minimum Gasteiger partial charge on any atom is -0.384 e. The van der Waals surface area contributed by atoms with Gasteiger partial charge in [0.1, 0.15) is 5.69 Å². The first-order valence-electron chi connectivity index (χ1n) is 6.59. The minimum atomic E-state index is -0.235. The van der Waals surface area contributed by atoms with E-state index in [1.165, 1.54) is 0 Å². The minimum absolute atomic E-state index is 0.235. The molecule has 0 bridgehead atoms. The molecule has 2 N–H and O–H groups in total. The number of nitrogens with zero attached hydrogens (tertiary/aromatic N) is 2. The maximum absolute atomic E-state index is 11.9. The van der Waals surface area contributed by atoms with Crippen LogP contribution in [0.3, 0.4) is 0 Å². The smallest absolute Gasteiger partial charge is 0.270 e. The molecule has 0 aliphatic carbocycles. The van der Waals surface area contributed by atoms with Gasteiger partial charge in [0.15, 0.2) is 5.76 Å². The van der Waals surface area contributed by atoms with Crippen LogP contribution >= 0.6 is 0 Å². The molecule has 2 aromatic heterocycles. The number of pyridine rings is 1. The van der Waals surface area contributed by atoms with Crippen LogP contribution in [0.5, 0.6) is 0 Å². The molecular formula is C14H18N4O2. The van der Waals surface area contributed by atoms with Gasteiger partial charge in [-0.25, -0.2) is 4.98 Å². The molecule has 6 heteroatoms. The SMILES string of the molecule is CCCNc1ccc(C(=O)NCc2cc(C)no2)nc1. The first kappa shape index (κ1) is 14.0. The molecule has 0 fully saturated rings. The fourth-order valence-electron chi connectivity index (χ4n) is 1.66. The molecule has 0 atom stereocenters. The molecule has 6 nitrogen and oxygen atoms in total. The second-order valence-electron chi connectivity index (χ2n) is 4.48. The van der Waals surface area contributed by atoms with Gasteiger partial charge in [0.05, 0.1) is 24.1 Å². The Morgan fingerprint density at radius 2 is 2.25 bits per heavy atom. The number of anilines is 1. The number of hydrogen-bond acceptors (Lipinski definition) is 5. The molecule has 0 spiro atoms. The monoisotopic (exact) mass is 274 g/mol. The number of amides is 1. The average molecular weight is 274 g/mol. The Morgan fingerprint density at radius 1 is 1.40 bits per heavy atom. The lowest BCUT2D eigenvalue weighted by Gasteiger charge is -2.05. The highest BCUT2D eigenvalue weighted by Crippen LogP contribution is 2.07. The summed E-state index contributed by atoms with van der Waals surface area (Å²) in [6, 6.07) is 5.32. The molecule has 0 aliphatic heterocycles. The van der Waals surface area contributed by atoms with Crippen LogP contribution < -0.4 is 10.6 Å². The number of hydrogen-bond donors (Lipinski definition) is 2. The van der Waals surface area contributed by atoms with E-state index < -0.39 is 0 Å². The zero-order valence-corrected chi connectivity index (χ0v) is 11.6. The van der Waals surface area contributed by atoms with E-state index in [0.717, 1.165) is 24.3 Å². The number of nitrogens with one attached hydrogen (secondary N) is 2. The molecule has 0 radical (unpaired) electrons. The van der Waals surface area contributed by atoms with Crippen LogP contribution in [0.4, 0.5) is 5.69 Å². The first-order chi connectivity index (χ1) is 9.69. The standard InChI is InChI=1S/C14H18N4O2/c1-3-6-15-11-4-5-13(16-8-11)14(19)17-9-12-7-10(2)18-20-12/h4-5,7-8,15H,3,6,9H2,1-2H3,(H,17,19). The lowest BCUT2D eigenvalue weighted by atomic mass is 10.3. The zero-order chi connectivity index (χ0) is 14.4. The zero-order valence-electron chi connectivity index (χ0n) is 11.6. The lowest BCUT2D eigenvalue weighted by Crippen LogP contribution is -2.23. The second-order valence-corrected chi connectivity index (χ2v) is 4.48. The number of aryl methyl sites for hydroxylation is 1. The Hall–Kier alpha value is -2.37. The summed E-state index contributed by atoms with van der Waals surface area (Å²) in [5.41, 5.74) is 2.08. The summed E-state index contributed by atoms with van der Waals surface area (Å²) in [7, 11) is 0. The Kier molecular flexibility index (Phi) is 4.70. The highest BCUT2D eigenvalue weighted by Gasteiger charge is 2.08. The summed E-state index contributed by atoms with van der Waals surface area (Å²) < 4.78 is 5.02. The van der Waals surface area contributed by atoms with E-state index in [1.807, 2.05) is 13.0 Å². The van der Waals surface area contributed by atoms with Gasteiger partial charge in [-0.1, -0.05) is 12.1 Å². The van der Waals surface area contributed by atoms with Gasteiger partial charge in [-0.05, 0) is 25.5 Å². The van der Waals surface area contributed by atoms with Gasteiger partial charge in [-0.3, -0.25) is 4.79 Å². The molecule has 106 valence electrons. The van der Waals surface area contributed by atoms with Crippen molar-refractivity contribution in [3.8, 4) is 0 Å². The Labute approximate surface area is 117 Å². The normalized spacial score (nSPS) is 10.3. The Balaban J connectivity index is 1.88. The van der Waals surface area contributed by atoms with Gasteiger partial charge in [0.25, 0.3) is 5.91 Å². The van der Waals surface area contributed by atoms with E-state index in [2.05, 4.69) is 27.7 Å². The van der Waals surface area contributed by atoms with Crippen LogP contribution in [-0.4, -0.2) is 22.6 Å². The third kappa shape index (κ3) is 3.81. The van der Waals surface area contributed by atoms with Gasteiger partial charge in [-0.2, -0.15) is 0 Å². The fraction of sp³-hybridized carbons (Fsp3) is 0.357. The van der Waals surface area contributed by atoms with E-state index in [4.69, 9.17) is 4.52 Å². The largest absolute Gasteiger partial charge is 0.384 e. The predicted molar refractivity (Wildman–Crippen MR) is 75.4 cm³/mol. The van der Waals surface area contributed by atoms with Crippen molar-refractivity contribution in [1.29, 1.82) is 0 Å². The number of aromatic nitrogens is 2. The molecule has 1 amide bonds. The van der Waals surface area contributed by atoms with Crippen LogP contribution in [0.15, 0.2) is 28.9 Å². The number of carbonyl (C=O) groups excluding carboxylic acids is 1. The lowest BCUT2D eigenvalue weighted by molar-refractivity contribution is 0.0942. The van der Waals surface area contributed by atoms with Crippen molar-refractivity contribution in [2.24, 2.45) is 0 Å². The molecule has 20 heavy (non-hydrogen) atoms. The number of carbonyl (C=O) groups is 1. The van der Waals surface area contributed by atoms with Crippen molar-refractivity contribution in [3.05, 3.63) is 41.5 Å². The third-order valence-electron chi connectivity index (χ3n) is 2.68. The van der Waals surface area contributed by atoms with E-state index >= 15 is 0 Å². The van der Waals surface area contributed by atoms with Crippen molar-refractivity contribution in [2.45, 2.75) is 26.8 Å². The molecule has 0 aromatic carbocycles. The summed E-state index contributed by atoms with van der Waals surface area (Å²) in [6.45, 7) is 5.11. The molecule has 0 saturated carbocycles. The maximum atomic E-state index is 11.9. The first-order valence-corrected chi connectivity index (χ1v) is 6.59. The summed E-state index contributed by atoms with van der Waals surface area (Å²) in [5, 5.41) is 9.70. The van der Waals surface area contributed by atoms with E-state index in [9.17, 15) is 4.79 Å². The highest BCUT2D eigenvalue weighted by molar-refractivity contribution is 5.92. The van der Waals surface area contributed by atoms with Crippen molar-refractivity contribution in [3.63, 3.8) is 0 Å². The molecule has 0 saturated heterocycles. The molecule has 2 heterocycles. The van der Waals surface area contributed by atoms with Gasteiger partial charge < -0.3 is 15.2 Å². The second kappa shape index (κ2) is 6.70. The van der Waals surface area contributed by atoms with Crippen molar-refractivity contribution in [1.82, 2.24) is 15.5 Å². The Bertz CT molecular complexity index is 563. The van der Waals surface area contributed by atoms with E-state index in [1.54, 1.807) is 18.3 Å². The van der Waals surface area contributed by atoms with Gasteiger partial charge >= 0.3 is 0 Å². The predicted octanol–water partition coefficient (Wildman–Crippen LogP) is 2.13. The van der Waals surface area contributed by atoms with Crippen molar-refractivity contribution < 1.29 is 9.32 Å². The van der Waals surface area contributed by atoms with E-state index in [0.29, 0.717) is 18.0 Å². The summed E-state index contributed by atoms with van der Waals surface area (Å²) >= 11 is 0. The molecule has 0 unspecified atom stereocenters. The topological polar surface area (TPSA) is 80.0 Å². The van der Waals surface area contributed by atoms with Gasteiger partial charge in [-0.15, -0.1) is 0 Å². The van der Waals surface area contributed by atoms with E-state index in [-0.39, 0.29) is 5.91 Å². The summed E-state index contributed by atoms with van der Waals surface area (Å²) in [5.74, 6) is 0.387. The Morgan fingerprint density at radius 3 is 2.85 bits per heavy atom. The highest BCUT2D eigenvalue weighted by atomic mass is 16.5. The molecular weight excluding hydrogens is 256 g/mol. The fourth-order valence-corrected chi connectivity index (χ4v) is 1.66. The van der Waals surface area contributed by atoms with Gasteiger partial charge in [0, 0.05) is 12.6 Å². The molecule has 2 aromatic rings. The summed E-state index contributed by atoms with van der Waals surface area (Å²) in [4.78, 5) is 16.0. The van der Waals surface area contributed by atoms with Crippen molar-refractivity contribution in [2.75, 3.05) is 11.9 Å². The van der Waals surface area contributed by atoms with Crippen LogP contribution in [0.2, 0.25) is 0 Å². The summed E-state index contributed by atoms with van der Waals surface area (Å²) in [6.07, 6.45) is 2.70. The third-order valence-corrected chi connectivity index (χ3v) is 2.68.